The Morgan fingerprint density at radius 2 is 0.625 bits per heavy atom. The van der Waals surface area contributed by atoms with Gasteiger partial charge in [0.15, 0.2) is 0 Å². The highest BCUT2D eigenvalue weighted by molar-refractivity contribution is 5.94. The number of carbonyl (C=O) groups excluding carboxylic acids is 4. The fourth-order valence-corrected chi connectivity index (χ4v) is 1.92. The average molecular weight is 228 g/mol. The molecule has 0 amide bonds. The summed E-state index contributed by atoms with van der Waals surface area (Å²) in [6.07, 6.45) is 0. The highest BCUT2D eigenvalue weighted by Crippen LogP contribution is 2.45. The maximum Gasteiger partial charge on any atom is 0.0458 e. The van der Waals surface area contributed by atoms with Gasteiger partial charge >= 0.3 is 0 Å². The first-order valence-corrected chi connectivity index (χ1v) is 4.12. The van der Waals surface area contributed by atoms with Crippen molar-refractivity contribution < 1.29 is 39.6 Å². The van der Waals surface area contributed by atoms with E-state index >= 15 is 0 Å². The van der Waals surface area contributed by atoms with Crippen LogP contribution in [-0.4, -0.2) is 23.9 Å². The van der Waals surface area contributed by atoms with E-state index in [1.54, 1.807) is 0 Å². The fourth-order valence-electron chi connectivity index (χ4n) is 1.92. The van der Waals surface area contributed by atoms with Crippen LogP contribution in [0.4, 0.5) is 0 Å². The van der Waals surface area contributed by atoms with Crippen LogP contribution < -0.4 is 20.4 Å². The second-order valence-electron chi connectivity index (χ2n) is 3.38. The summed E-state index contributed by atoms with van der Waals surface area (Å²) in [6, 6.07) is 0. The summed E-state index contributed by atoms with van der Waals surface area (Å²) >= 11 is 0. The van der Waals surface area contributed by atoms with Gasteiger partial charge in [0.2, 0.25) is 0 Å². The summed E-state index contributed by atoms with van der Waals surface area (Å²) in [4.78, 5) is 41.9. The van der Waals surface area contributed by atoms with Crippen molar-refractivity contribution in [3.63, 3.8) is 0 Å². The molecule has 8 heteroatoms. The van der Waals surface area contributed by atoms with Crippen molar-refractivity contribution in [2.24, 2.45) is 23.7 Å². The molecule has 0 aromatic carbocycles. The number of hydrogen-bond donors (Lipinski definition) is 0. The van der Waals surface area contributed by atoms with E-state index in [-0.39, 0.29) is 0 Å². The largest absolute Gasteiger partial charge is 0.550 e. The van der Waals surface area contributed by atoms with Crippen LogP contribution >= 0.6 is 0 Å². The first kappa shape index (κ1) is 12.0. The molecule has 0 aromatic rings. The van der Waals surface area contributed by atoms with Gasteiger partial charge in [0, 0.05) is 47.5 Å². The Kier molecular flexibility index (Phi) is 2.84. The second kappa shape index (κ2) is 3.80. The van der Waals surface area contributed by atoms with E-state index in [0.717, 1.165) is 0 Å². The average Bonchev–Trinajstić information content (AvgIpc) is 1.97. The lowest BCUT2D eigenvalue weighted by atomic mass is 9.56. The van der Waals surface area contributed by atoms with Gasteiger partial charge in [0.25, 0.3) is 0 Å². The topological polar surface area (TPSA) is 161 Å². The van der Waals surface area contributed by atoms with Gasteiger partial charge in [-0.05, 0) is 0 Å². The van der Waals surface area contributed by atoms with Gasteiger partial charge in [-0.3, -0.25) is 0 Å². The van der Waals surface area contributed by atoms with Crippen LogP contribution in [0.5, 0.6) is 0 Å². The van der Waals surface area contributed by atoms with Gasteiger partial charge in [-0.25, -0.2) is 0 Å². The third-order valence-corrected chi connectivity index (χ3v) is 2.64. The first-order chi connectivity index (χ1) is 7.29. The molecule has 0 atom stereocenters. The predicted molar refractivity (Wildman–Crippen MR) is 34.0 cm³/mol. The zero-order valence-corrected chi connectivity index (χ0v) is 7.58. The Hall–Kier alpha value is -2.12. The summed E-state index contributed by atoms with van der Waals surface area (Å²) in [5.41, 5.74) is 0. The first-order valence-electron chi connectivity index (χ1n) is 4.12. The highest BCUT2D eigenvalue weighted by atomic mass is 16.4. The fraction of sp³-hybridized carbons (Fsp3) is 0.500. The standard InChI is InChI=1S/C8H8O8/c9-5(10)1-2(6(11)12)4(8(15)16)3(1)7(13)14/h1-4H,(H,9,10)(H,11,12)(H,13,14)(H,15,16)/p-4. The van der Waals surface area contributed by atoms with Crippen LogP contribution in [0.15, 0.2) is 0 Å². The molecule has 1 rings (SSSR count). The van der Waals surface area contributed by atoms with Crippen molar-refractivity contribution >= 4 is 23.9 Å². The van der Waals surface area contributed by atoms with E-state index in [4.69, 9.17) is 0 Å². The Morgan fingerprint density at radius 3 is 0.688 bits per heavy atom. The lowest BCUT2D eigenvalue weighted by Gasteiger charge is -2.53. The number of carboxylic acids is 4. The molecule has 0 unspecified atom stereocenters. The van der Waals surface area contributed by atoms with E-state index in [0.29, 0.717) is 0 Å². The molecule has 0 aromatic heterocycles. The molecule has 0 aliphatic heterocycles. The van der Waals surface area contributed by atoms with Crippen molar-refractivity contribution in [3.8, 4) is 0 Å². The molecule has 0 heterocycles. The summed E-state index contributed by atoms with van der Waals surface area (Å²) in [5, 5.41) is 41.9. The monoisotopic (exact) mass is 228 g/mol. The maximum absolute atomic E-state index is 10.5. The SMILES string of the molecule is O=C([O-])C1C(C(=O)[O-])C(C(=O)[O-])C1C(=O)[O-]. The molecule has 1 saturated carbocycles. The molecule has 16 heavy (non-hydrogen) atoms. The summed E-state index contributed by atoms with van der Waals surface area (Å²) in [6.45, 7) is 0. The molecule has 8 nitrogen and oxygen atoms in total. The van der Waals surface area contributed by atoms with Gasteiger partial charge in [-0.1, -0.05) is 0 Å². The lowest BCUT2D eigenvalue weighted by Crippen LogP contribution is -2.68. The number of hydrogen-bond acceptors (Lipinski definition) is 8. The molecular formula is C8H4O8-4. The van der Waals surface area contributed by atoms with Gasteiger partial charge < -0.3 is 39.6 Å². The van der Waals surface area contributed by atoms with Crippen molar-refractivity contribution in [1.29, 1.82) is 0 Å². The van der Waals surface area contributed by atoms with E-state index in [1.807, 2.05) is 0 Å². The van der Waals surface area contributed by atoms with Crippen LogP contribution in [-0.2, 0) is 19.2 Å². The molecule has 0 spiro atoms. The quantitative estimate of drug-likeness (QED) is 0.458. The third kappa shape index (κ3) is 1.58. The minimum atomic E-state index is -1.97. The molecule has 1 aliphatic rings. The van der Waals surface area contributed by atoms with Crippen LogP contribution in [0, 0.1) is 23.7 Å². The van der Waals surface area contributed by atoms with Crippen LogP contribution in [0.2, 0.25) is 0 Å². The van der Waals surface area contributed by atoms with Gasteiger partial charge in [0.1, 0.15) is 0 Å². The molecule has 1 aliphatic carbocycles. The van der Waals surface area contributed by atoms with Crippen LogP contribution in [0.1, 0.15) is 0 Å². The number of carbonyl (C=O) groups is 4. The summed E-state index contributed by atoms with van der Waals surface area (Å²) in [5.74, 6) is -15.8. The summed E-state index contributed by atoms with van der Waals surface area (Å²) < 4.78 is 0. The molecule has 0 radical (unpaired) electrons. The Labute approximate surface area is 88.1 Å². The number of aliphatic carboxylic acids is 4. The molecular weight excluding hydrogens is 224 g/mol. The minimum Gasteiger partial charge on any atom is -0.550 e. The normalized spacial score (nSPS) is 32.5. The molecule has 1 fully saturated rings. The lowest BCUT2D eigenvalue weighted by molar-refractivity contribution is -0.364. The Morgan fingerprint density at radius 1 is 0.500 bits per heavy atom. The molecule has 0 bridgehead atoms. The molecule has 88 valence electrons. The van der Waals surface area contributed by atoms with E-state index in [9.17, 15) is 39.6 Å². The third-order valence-electron chi connectivity index (χ3n) is 2.64. The van der Waals surface area contributed by atoms with Gasteiger partial charge in [-0.2, -0.15) is 0 Å². The van der Waals surface area contributed by atoms with Crippen molar-refractivity contribution in [2.45, 2.75) is 0 Å². The van der Waals surface area contributed by atoms with E-state index < -0.39 is 47.5 Å². The van der Waals surface area contributed by atoms with Crippen LogP contribution in [0.3, 0.4) is 0 Å². The van der Waals surface area contributed by atoms with Crippen molar-refractivity contribution in [3.05, 3.63) is 0 Å². The second-order valence-corrected chi connectivity index (χ2v) is 3.38. The van der Waals surface area contributed by atoms with Crippen molar-refractivity contribution in [2.75, 3.05) is 0 Å². The van der Waals surface area contributed by atoms with E-state index in [1.165, 1.54) is 0 Å². The number of carboxylic acid groups (broad SMARTS) is 4. The van der Waals surface area contributed by atoms with Gasteiger partial charge in [-0.15, -0.1) is 0 Å². The Bertz CT molecular complexity index is 292. The van der Waals surface area contributed by atoms with Gasteiger partial charge in [0.05, 0.1) is 0 Å². The zero-order chi connectivity index (χ0) is 12.6. The summed E-state index contributed by atoms with van der Waals surface area (Å²) in [7, 11) is 0. The predicted octanol–water partition coefficient (Wildman–Crippen LogP) is -6.54. The maximum atomic E-state index is 10.5. The van der Waals surface area contributed by atoms with Crippen LogP contribution in [0.25, 0.3) is 0 Å². The zero-order valence-electron chi connectivity index (χ0n) is 7.58. The minimum absolute atomic E-state index is 1.97. The Balaban J connectivity index is 3.08. The van der Waals surface area contributed by atoms with E-state index in [2.05, 4.69) is 0 Å². The van der Waals surface area contributed by atoms with Crippen molar-refractivity contribution in [1.82, 2.24) is 0 Å². The molecule has 0 N–H and O–H groups in total. The molecule has 0 saturated heterocycles. The smallest absolute Gasteiger partial charge is 0.0458 e. The highest BCUT2D eigenvalue weighted by Gasteiger charge is 2.53. The number of rotatable bonds is 4.